The Kier molecular flexibility index (Phi) is 3.80. The van der Waals surface area contributed by atoms with Crippen LogP contribution in [0.3, 0.4) is 0 Å². The minimum atomic E-state index is 0.968. The van der Waals surface area contributed by atoms with Crippen molar-refractivity contribution < 1.29 is 0 Å². The first-order valence-corrected chi connectivity index (χ1v) is 6.41. The second-order valence-electron chi connectivity index (χ2n) is 3.09. The van der Waals surface area contributed by atoms with Crippen LogP contribution >= 0.6 is 27.7 Å². The lowest BCUT2D eigenvalue weighted by Crippen LogP contribution is -1.82. The number of halogens is 1. The third kappa shape index (κ3) is 3.36. The zero-order chi connectivity index (χ0) is 10.5. The highest BCUT2D eigenvalue weighted by molar-refractivity contribution is 9.10. The summed E-state index contributed by atoms with van der Waals surface area (Å²) in [4.78, 5) is 4.31. The zero-order valence-corrected chi connectivity index (χ0v) is 10.5. The van der Waals surface area contributed by atoms with E-state index in [1.165, 1.54) is 5.56 Å². The molecule has 1 aromatic heterocycles. The van der Waals surface area contributed by atoms with Gasteiger partial charge in [0.2, 0.25) is 0 Å². The highest BCUT2D eigenvalue weighted by Crippen LogP contribution is 2.21. The van der Waals surface area contributed by atoms with Gasteiger partial charge < -0.3 is 0 Å². The summed E-state index contributed by atoms with van der Waals surface area (Å²) in [5, 5.41) is 1.06. The average molecular weight is 280 g/mol. The van der Waals surface area contributed by atoms with Gasteiger partial charge in [-0.05, 0) is 33.6 Å². The van der Waals surface area contributed by atoms with E-state index >= 15 is 0 Å². The highest BCUT2D eigenvalue weighted by atomic mass is 79.9. The van der Waals surface area contributed by atoms with Crippen LogP contribution in [-0.2, 0) is 5.75 Å². The van der Waals surface area contributed by atoms with Crippen LogP contribution in [0, 0.1) is 0 Å². The molecule has 15 heavy (non-hydrogen) atoms. The van der Waals surface area contributed by atoms with Crippen LogP contribution in [0.4, 0.5) is 0 Å². The number of pyridine rings is 1. The fraction of sp³-hybridized carbons (Fsp3) is 0.0833. The molecule has 0 radical (unpaired) electrons. The maximum absolute atomic E-state index is 4.31. The van der Waals surface area contributed by atoms with Gasteiger partial charge in [-0.3, -0.25) is 0 Å². The van der Waals surface area contributed by atoms with E-state index in [2.05, 4.69) is 45.2 Å². The van der Waals surface area contributed by atoms with Gasteiger partial charge in [-0.15, -0.1) is 11.8 Å². The van der Waals surface area contributed by atoms with Gasteiger partial charge in [0.25, 0.3) is 0 Å². The molecule has 0 saturated heterocycles. The molecule has 0 saturated carbocycles. The zero-order valence-electron chi connectivity index (χ0n) is 8.06. The maximum Gasteiger partial charge on any atom is 0.0963 e. The number of benzene rings is 1. The van der Waals surface area contributed by atoms with E-state index in [9.17, 15) is 0 Å². The molecule has 0 aliphatic rings. The Hall–Kier alpha value is -0.800. The van der Waals surface area contributed by atoms with Crippen LogP contribution in [0.2, 0.25) is 0 Å². The van der Waals surface area contributed by atoms with E-state index in [1.807, 2.05) is 24.4 Å². The van der Waals surface area contributed by atoms with Gasteiger partial charge in [-0.25, -0.2) is 4.98 Å². The molecule has 1 heterocycles. The van der Waals surface area contributed by atoms with Crippen LogP contribution in [0.5, 0.6) is 0 Å². The first-order chi connectivity index (χ1) is 7.34. The van der Waals surface area contributed by atoms with Crippen molar-refractivity contribution >= 4 is 27.7 Å². The number of aromatic nitrogens is 1. The lowest BCUT2D eigenvalue weighted by Gasteiger charge is -2.00. The van der Waals surface area contributed by atoms with Crippen molar-refractivity contribution in [1.82, 2.24) is 4.98 Å². The molecule has 0 amide bonds. The Labute approximate surface area is 102 Å². The van der Waals surface area contributed by atoms with Crippen LogP contribution in [-0.4, -0.2) is 4.98 Å². The number of rotatable bonds is 3. The monoisotopic (exact) mass is 279 g/mol. The molecule has 0 atom stereocenters. The van der Waals surface area contributed by atoms with Crippen molar-refractivity contribution in [2.45, 2.75) is 10.8 Å². The molecule has 0 aliphatic heterocycles. The highest BCUT2D eigenvalue weighted by Gasteiger charge is 1.96. The Balaban J connectivity index is 1.96. The standard InChI is InChI=1S/C12H10BrNS/c13-11-6-7-12(14-8-11)15-9-10-4-2-1-3-5-10/h1-8H,9H2. The second-order valence-corrected chi connectivity index (χ2v) is 5.00. The van der Waals surface area contributed by atoms with Crippen LogP contribution in [0.25, 0.3) is 0 Å². The molecule has 0 unspecified atom stereocenters. The van der Waals surface area contributed by atoms with Crippen molar-refractivity contribution in [3.8, 4) is 0 Å². The molecule has 1 nitrogen and oxygen atoms in total. The third-order valence-corrected chi connectivity index (χ3v) is 3.41. The summed E-state index contributed by atoms with van der Waals surface area (Å²) in [6.45, 7) is 0. The van der Waals surface area contributed by atoms with Crippen molar-refractivity contribution in [3.63, 3.8) is 0 Å². The van der Waals surface area contributed by atoms with Crippen LogP contribution < -0.4 is 0 Å². The molecule has 0 fully saturated rings. The number of nitrogens with zero attached hydrogens (tertiary/aromatic N) is 1. The van der Waals surface area contributed by atoms with Crippen molar-refractivity contribution in [1.29, 1.82) is 0 Å². The van der Waals surface area contributed by atoms with Gasteiger partial charge in [0.05, 0.1) is 5.03 Å². The predicted molar refractivity (Wildman–Crippen MR) is 67.9 cm³/mol. The Morgan fingerprint density at radius 3 is 2.53 bits per heavy atom. The molecule has 0 bridgehead atoms. The quantitative estimate of drug-likeness (QED) is 0.784. The maximum atomic E-state index is 4.31. The lowest BCUT2D eigenvalue weighted by molar-refractivity contribution is 1.12. The molecule has 0 aliphatic carbocycles. The molecule has 0 spiro atoms. The lowest BCUT2D eigenvalue weighted by atomic mass is 10.2. The largest absolute Gasteiger partial charge is 0.249 e. The summed E-state index contributed by atoms with van der Waals surface area (Å²) in [6.07, 6.45) is 1.83. The Bertz CT molecular complexity index is 413. The molecule has 76 valence electrons. The molecule has 0 N–H and O–H groups in total. The summed E-state index contributed by atoms with van der Waals surface area (Å²) in [5.41, 5.74) is 1.33. The van der Waals surface area contributed by atoms with Crippen molar-refractivity contribution in [2.24, 2.45) is 0 Å². The van der Waals surface area contributed by atoms with Crippen molar-refractivity contribution in [3.05, 3.63) is 58.7 Å². The molecular formula is C12H10BrNS. The summed E-state index contributed by atoms with van der Waals surface area (Å²) >= 11 is 5.12. The Morgan fingerprint density at radius 2 is 1.87 bits per heavy atom. The molecule has 1 aromatic carbocycles. The SMILES string of the molecule is Brc1ccc(SCc2ccccc2)nc1. The number of thioether (sulfide) groups is 1. The second kappa shape index (κ2) is 5.33. The van der Waals surface area contributed by atoms with E-state index in [4.69, 9.17) is 0 Å². The third-order valence-electron chi connectivity index (χ3n) is 1.93. The summed E-state index contributed by atoms with van der Waals surface area (Å²) in [6, 6.07) is 14.5. The van der Waals surface area contributed by atoms with Gasteiger partial charge >= 0.3 is 0 Å². The Morgan fingerprint density at radius 1 is 1.07 bits per heavy atom. The smallest absolute Gasteiger partial charge is 0.0963 e. The van der Waals surface area contributed by atoms with Crippen molar-refractivity contribution in [2.75, 3.05) is 0 Å². The number of hydrogen-bond acceptors (Lipinski definition) is 2. The number of hydrogen-bond donors (Lipinski definition) is 0. The minimum absolute atomic E-state index is 0.968. The molecular weight excluding hydrogens is 270 g/mol. The van der Waals surface area contributed by atoms with Gasteiger partial charge in [0, 0.05) is 16.4 Å². The van der Waals surface area contributed by atoms with Gasteiger partial charge in [-0.1, -0.05) is 30.3 Å². The first kappa shape index (κ1) is 10.7. The molecule has 3 heteroatoms. The van der Waals surface area contributed by atoms with Gasteiger partial charge in [-0.2, -0.15) is 0 Å². The summed E-state index contributed by atoms with van der Waals surface area (Å²) in [5.74, 6) is 0.968. The average Bonchev–Trinajstić information content (AvgIpc) is 2.30. The van der Waals surface area contributed by atoms with Gasteiger partial charge in [0.1, 0.15) is 0 Å². The minimum Gasteiger partial charge on any atom is -0.249 e. The van der Waals surface area contributed by atoms with Gasteiger partial charge in [0.15, 0.2) is 0 Å². The van der Waals surface area contributed by atoms with Crippen LogP contribution in [0.1, 0.15) is 5.56 Å². The first-order valence-electron chi connectivity index (χ1n) is 4.63. The van der Waals surface area contributed by atoms with Crippen LogP contribution in [0.15, 0.2) is 58.2 Å². The van der Waals surface area contributed by atoms with E-state index in [-0.39, 0.29) is 0 Å². The summed E-state index contributed by atoms with van der Waals surface area (Å²) < 4.78 is 1.02. The van der Waals surface area contributed by atoms with E-state index in [0.29, 0.717) is 0 Å². The van der Waals surface area contributed by atoms with E-state index < -0.39 is 0 Å². The predicted octanol–water partition coefficient (Wildman–Crippen LogP) is 4.14. The molecule has 2 aromatic rings. The topological polar surface area (TPSA) is 12.9 Å². The molecule has 2 rings (SSSR count). The fourth-order valence-electron chi connectivity index (χ4n) is 1.18. The fourth-order valence-corrected chi connectivity index (χ4v) is 2.21. The normalized spacial score (nSPS) is 10.2. The van der Waals surface area contributed by atoms with E-state index in [0.717, 1.165) is 15.3 Å². The summed E-state index contributed by atoms with van der Waals surface area (Å²) in [7, 11) is 0. The van der Waals surface area contributed by atoms with E-state index in [1.54, 1.807) is 11.8 Å².